The van der Waals surface area contributed by atoms with Gasteiger partial charge in [0, 0.05) is 5.92 Å². The van der Waals surface area contributed by atoms with Crippen molar-refractivity contribution in [1.29, 1.82) is 0 Å². The van der Waals surface area contributed by atoms with Gasteiger partial charge in [0.15, 0.2) is 0 Å². The molecule has 2 aromatic rings. The van der Waals surface area contributed by atoms with E-state index in [1.54, 1.807) is 0 Å². The molecule has 1 heterocycles. The Labute approximate surface area is 120 Å². The van der Waals surface area contributed by atoms with Gasteiger partial charge >= 0.3 is 0 Å². The fourth-order valence-corrected chi connectivity index (χ4v) is 3.54. The van der Waals surface area contributed by atoms with E-state index < -0.39 is 0 Å². The zero-order valence-electron chi connectivity index (χ0n) is 11.5. The Morgan fingerprint density at radius 1 is 0.750 bits per heavy atom. The van der Waals surface area contributed by atoms with E-state index in [1.165, 1.54) is 36.3 Å². The Morgan fingerprint density at radius 3 is 1.90 bits per heavy atom. The number of hydrogen-bond donors (Lipinski definition) is 0. The summed E-state index contributed by atoms with van der Waals surface area (Å²) in [4.78, 5) is 0. The Morgan fingerprint density at radius 2 is 1.35 bits per heavy atom. The quantitative estimate of drug-likeness (QED) is 0.755. The molecule has 1 nitrogen and oxygen atoms in total. The van der Waals surface area contributed by atoms with Crippen molar-refractivity contribution in [3.05, 3.63) is 77.7 Å². The van der Waals surface area contributed by atoms with E-state index in [2.05, 4.69) is 60.7 Å². The van der Waals surface area contributed by atoms with E-state index >= 15 is 0 Å². The van der Waals surface area contributed by atoms with Crippen molar-refractivity contribution >= 4 is 0 Å². The van der Waals surface area contributed by atoms with E-state index in [0.717, 1.165) is 0 Å². The lowest BCUT2D eigenvalue weighted by Crippen LogP contribution is -2.22. The van der Waals surface area contributed by atoms with Gasteiger partial charge in [-0.3, -0.25) is 0 Å². The highest BCUT2D eigenvalue weighted by Gasteiger charge is 2.46. The van der Waals surface area contributed by atoms with Gasteiger partial charge in [-0.1, -0.05) is 60.7 Å². The fraction of sp³-hybridized carbons (Fsp3) is 0.316. The Balaban J connectivity index is 1.69. The lowest BCUT2D eigenvalue weighted by atomic mass is 9.73. The summed E-state index contributed by atoms with van der Waals surface area (Å²) in [6.45, 7) is 0. The smallest absolute Gasteiger partial charge is 0.0845 e. The molecule has 101 valence electrons. The van der Waals surface area contributed by atoms with Crippen LogP contribution < -0.4 is 0 Å². The number of epoxide rings is 1. The molecule has 0 N–H and O–H groups in total. The zero-order valence-corrected chi connectivity index (χ0v) is 11.5. The molecule has 1 saturated carbocycles. The molecule has 1 radical (unpaired) electrons. The molecule has 1 aliphatic heterocycles. The molecule has 20 heavy (non-hydrogen) atoms. The first-order valence-corrected chi connectivity index (χ1v) is 7.55. The molecule has 2 aromatic carbocycles. The molecule has 0 aromatic heterocycles. The average molecular weight is 263 g/mol. The third kappa shape index (κ3) is 2.27. The predicted molar refractivity (Wildman–Crippen MR) is 80.3 cm³/mol. The normalized spacial score (nSPS) is 28.1. The van der Waals surface area contributed by atoms with Gasteiger partial charge in [0.05, 0.1) is 12.2 Å². The fourth-order valence-electron chi connectivity index (χ4n) is 3.54. The molecule has 2 aliphatic rings. The zero-order chi connectivity index (χ0) is 13.4. The molecule has 1 aliphatic carbocycles. The van der Waals surface area contributed by atoms with Gasteiger partial charge in [-0.25, -0.2) is 0 Å². The van der Waals surface area contributed by atoms with Gasteiger partial charge in [-0.05, 0) is 36.3 Å². The van der Waals surface area contributed by atoms with E-state index in [4.69, 9.17) is 4.74 Å². The summed E-state index contributed by atoms with van der Waals surface area (Å²) in [6, 6.07) is 21.7. The van der Waals surface area contributed by atoms with E-state index in [0.29, 0.717) is 18.1 Å². The summed E-state index contributed by atoms with van der Waals surface area (Å²) in [5, 5.41) is 0. The van der Waals surface area contributed by atoms with Crippen LogP contribution >= 0.6 is 0 Å². The van der Waals surface area contributed by atoms with Crippen LogP contribution in [0.25, 0.3) is 0 Å². The molecular formula is C19H19O. The highest BCUT2D eigenvalue weighted by molar-refractivity contribution is 5.47. The van der Waals surface area contributed by atoms with Crippen LogP contribution in [0.3, 0.4) is 0 Å². The van der Waals surface area contributed by atoms with Gasteiger partial charge in [0.1, 0.15) is 0 Å². The first-order chi connectivity index (χ1) is 9.92. The second-order valence-corrected chi connectivity index (χ2v) is 5.87. The molecule has 4 rings (SSSR count). The molecular weight excluding hydrogens is 244 g/mol. The average Bonchev–Trinajstić information content (AvgIpc) is 3.28. The molecule has 1 heteroatoms. The topological polar surface area (TPSA) is 12.5 Å². The van der Waals surface area contributed by atoms with Gasteiger partial charge < -0.3 is 4.74 Å². The highest BCUT2D eigenvalue weighted by Crippen LogP contribution is 2.46. The third-order valence-corrected chi connectivity index (χ3v) is 4.58. The molecule has 0 spiro atoms. The maximum absolute atomic E-state index is 5.72. The van der Waals surface area contributed by atoms with Gasteiger partial charge in [-0.15, -0.1) is 0 Å². The monoisotopic (exact) mass is 263 g/mol. The lowest BCUT2D eigenvalue weighted by Gasteiger charge is -2.29. The summed E-state index contributed by atoms with van der Waals surface area (Å²) in [5.74, 6) is 2.13. The molecule has 0 amide bonds. The standard InChI is InChI=1S/C19H19O/c1-3-7-14(8-4-1)19(15-9-5-2-6-10-15)16-11-12-17-18(13-16)20-17/h1-10,16-18H,11-13H2. The summed E-state index contributed by atoms with van der Waals surface area (Å²) in [6.07, 6.45) is 4.75. The van der Waals surface area contributed by atoms with Gasteiger partial charge in [0.2, 0.25) is 0 Å². The number of fused-ring (bicyclic) bond motifs is 1. The molecule has 0 bridgehead atoms. The molecule has 2 fully saturated rings. The van der Waals surface area contributed by atoms with E-state index in [1.807, 2.05) is 0 Å². The number of rotatable bonds is 3. The second-order valence-electron chi connectivity index (χ2n) is 5.87. The first kappa shape index (κ1) is 12.2. The lowest BCUT2D eigenvalue weighted by molar-refractivity contribution is 0.367. The minimum atomic E-state index is 0.524. The van der Waals surface area contributed by atoms with Gasteiger partial charge in [0.25, 0.3) is 0 Å². The summed E-state index contributed by atoms with van der Waals surface area (Å²) < 4.78 is 5.72. The van der Waals surface area contributed by atoms with Crippen molar-refractivity contribution in [2.75, 3.05) is 0 Å². The number of ether oxygens (including phenoxy) is 1. The van der Waals surface area contributed by atoms with Crippen molar-refractivity contribution in [2.45, 2.75) is 31.5 Å². The first-order valence-electron chi connectivity index (χ1n) is 7.55. The maximum Gasteiger partial charge on any atom is 0.0845 e. The summed E-state index contributed by atoms with van der Waals surface area (Å²) in [5.41, 5.74) is 2.73. The Bertz CT molecular complexity index is 523. The minimum Gasteiger partial charge on any atom is -0.370 e. The molecule has 1 saturated heterocycles. The van der Waals surface area contributed by atoms with Crippen LogP contribution in [0.4, 0.5) is 0 Å². The SMILES string of the molecule is c1ccc([C](c2ccccc2)C2CCC3OC3C2)cc1. The van der Waals surface area contributed by atoms with Gasteiger partial charge in [-0.2, -0.15) is 0 Å². The maximum atomic E-state index is 5.72. The summed E-state index contributed by atoms with van der Waals surface area (Å²) >= 11 is 0. The van der Waals surface area contributed by atoms with Crippen LogP contribution in [0.2, 0.25) is 0 Å². The highest BCUT2D eigenvalue weighted by atomic mass is 16.6. The van der Waals surface area contributed by atoms with Crippen molar-refractivity contribution < 1.29 is 4.74 Å². The van der Waals surface area contributed by atoms with Crippen molar-refractivity contribution in [1.82, 2.24) is 0 Å². The van der Waals surface area contributed by atoms with Crippen LogP contribution in [-0.2, 0) is 4.74 Å². The van der Waals surface area contributed by atoms with E-state index in [-0.39, 0.29) is 0 Å². The molecule has 3 unspecified atom stereocenters. The van der Waals surface area contributed by atoms with E-state index in [9.17, 15) is 0 Å². The Kier molecular flexibility index (Phi) is 3.08. The third-order valence-electron chi connectivity index (χ3n) is 4.58. The number of hydrogen-bond acceptors (Lipinski definition) is 1. The van der Waals surface area contributed by atoms with Crippen LogP contribution in [0.5, 0.6) is 0 Å². The van der Waals surface area contributed by atoms with Crippen LogP contribution in [0, 0.1) is 11.8 Å². The molecule has 3 atom stereocenters. The summed E-state index contributed by atoms with van der Waals surface area (Å²) in [7, 11) is 0. The van der Waals surface area contributed by atoms with Crippen molar-refractivity contribution in [2.24, 2.45) is 5.92 Å². The minimum absolute atomic E-state index is 0.524. The van der Waals surface area contributed by atoms with Crippen LogP contribution in [-0.4, -0.2) is 12.2 Å². The largest absolute Gasteiger partial charge is 0.370 e. The Hall–Kier alpha value is -1.60. The van der Waals surface area contributed by atoms with Crippen molar-refractivity contribution in [3.8, 4) is 0 Å². The number of benzene rings is 2. The predicted octanol–water partition coefficient (Wildman–Crippen LogP) is 4.22. The van der Waals surface area contributed by atoms with Crippen LogP contribution in [0.15, 0.2) is 60.7 Å². The second kappa shape index (κ2) is 5.06. The van der Waals surface area contributed by atoms with Crippen molar-refractivity contribution in [3.63, 3.8) is 0 Å². The van der Waals surface area contributed by atoms with Crippen LogP contribution in [0.1, 0.15) is 30.4 Å².